The minimum absolute atomic E-state index is 0.145. The van der Waals surface area contributed by atoms with Crippen molar-refractivity contribution in [3.8, 4) is 17.1 Å². The van der Waals surface area contributed by atoms with Gasteiger partial charge in [-0.1, -0.05) is 60.3 Å². The zero-order chi connectivity index (χ0) is 21.5. The van der Waals surface area contributed by atoms with E-state index in [9.17, 15) is 4.79 Å². The predicted molar refractivity (Wildman–Crippen MR) is 119 cm³/mol. The number of nitrogens with one attached hydrogen (secondary N) is 1. The molecule has 4 rings (SSSR count). The lowest BCUT2D eigenvalue weighted by molar-refractivity contribution is -0.131. The molecule has 1 amide bonds. The van der Waals surface area contributed by atoms with Crippen LogP contribution < -0.4 is 5.48 Å². The van der Waals surface area contributed by atoms with E-state index in [1.807, 2.05) is 78.2 Å². The van der Waals surface area contributed by atoms with Crippen molar-refractivity contribution in [2.75, 3.05) is 5.75 Å². The van der Waals surface area contributed by atoms with Gasteiger partial charge in [0.1, 0.15) is 0 Å². The maximum Gasteiger partial charge on any atom is 0.254 e. The molecular formula is C23H21N5O2S. The maximum atomic E-state index is 12.3. The van der Waals surface area contributed by atoms with Crippen LogP contribution in [0.3, 0.4) is 0 Å². The minimum atomic E-state index is -0.247. The van der Waals surface area contributed by atoms with Crippen molar-refractivity contribution in [2.45, 2.75) is 18.7 Å². The van der Waals surface area contributed by atoms with Crippen LogP contribution in [0.2, 0.25) is 0 Å². The van der Waals surface area contributed by atoms with Gasteiger partial charge >= 0.3 is 0 Å². The summed E-state index contributed by atoms with van der Waals surface area (Å²) in [6.45, 7) is 2.34. The lowest BCUT2D eigenvalue weighted by Crippen LogP contribution is -2.25. The van der Waals surface area contributed by atoms with E-state index in [0.29, 0.717) is 17.6 Å². The first-order chi connectivity index (χ1) is 15.2. The molecule has 4 aromatic rings. The summed E-state index contributed by atoms with van der Waals surface area (Å²) in [4.78, 5) is 21.8. The Balaban J connectivity index is 1.49. The van der Waals surface area contributed by atoms with Gasteiger partial charge in [-0.2, -0.15) is 0 Å². The normalized spacial score (nSPS) is 10.7. The first-order valence-electron chi connectivity index (χ1n) is 9.71. The number of carbonyl (C=O) groups excluding carboxylic acids is 1. The van der Waals surface area contributed by atoms with Gasteiger partial charge in [-0.05, 0) is 36.2 Å². The highest BCUT2D eigenvalue weighted by molar-refractivity contribution is 7.99. The molecule has 1 N–H and O–H groups in total. The predicted octanol–water partition coefficient (Wildman–Crippen LogP) is 3.98. The van der Waals surface area contributed by atoms with Crippen LogP contribution in [0, 0.1) is 6.92 Å². The Morgan fingerprint density at radius 3 is 2.61 bits per heavy atom. The number of thioether (sulfide) groups is 1. The third-order valence-corrected chi connectivity index (χ3v) is 5.44. The Kier molecular flexibility index (Phi) is 6.71. The van der Waals surface area contributed by atoms with E-state index in [-0.39, 0.29) is 11.7 Å². The summed E-state index contributed by atoms with van der Waals surface area (Å²) < 4.78 is 1.95. The molecule has 0 aliphatic rings. The largest absolute Gasteiger partial charge is 0.272 e. The second-order valence-electron chi connectivity index (χ2n) is 6.76. The smallest absolute Gasteiger partial charge is 0.254 e. The van der Waals surface area contributed by atoms with Crippen molar-refractivity contribution in [3.63, 3.8) is 0 Å². The van der Waals surface area contributed by atoms with Crippen molar-refractivity contribution in [2.24, 2.45) is 0 Å². The van der Waals surface area contributed by atoms with Crippen LogP contribution in [0.1, 0.15) is 11.1 Å². The van der Waals surface area contributed by atoms with Gasteiger partial charge in [-0.15, -0.1) is 10.2 Å². The number of hydroxylamine groups is 1. The average molecular weight is 432 g/mol. The Morgan fingerprint density at radius 2 is 1.84 bits per heavy atom. The number of para-hydroxylation sites is 1. The van der Waals surface area contributed by atoms with E-state index < -0.39 is 0 Å². The molecule has 0 bridgehead atoms. The number of hydrogen-bond donors (Lipinski definition) is 1. The number of aryl methyl sites for hydroxylation is 1. The van der Waals surface area contributed by atoms with Crippen LogP contribution in [0.4, 0.5) is 0 Å². The third kappa shape index (κ3) is 5.17. The van der Waals surface area contributed by atoms with Crippen molar-refractivity contribution < 1.29 is 9.63 Å². The Morgan fingerprint density at radius 1 is 1.03 bits per heavy atom. The lowest BCUT2D eigenvalue weighted by Gasteiger charge is -2.12. The molecule has 0 unspecified atom stereocenters. The van der Waals surface area contributed by atoms with E-state index in [1.54, 1.807) is 12.4 Å². The van der Waals surface area contributed by atoms with Gasteiger partial charge in [0.25, 0.3) is 5.91 Å². The topological polar surface area (TPSA) is 81.9 Å². The standard InChI is InChI=1S/C23H21N5O2S/c1-17-8-5-6-12-20(17)28-22(19-11-7-13-24-14-19)25-26-23(28)31-16-21(29)27-30-15-18-9-3-2-4-10-18/h2-14H,15-16H2,1H3,(H,27,29). The quantitative estimate of drug-likeness (QED) is 0.336. The number of benzene rings is 2. The molecule has 2 aromatic carbocycles. The van der Waals surface area contributed by atoms with Gasteiger partial charge in [-0.25, -0.2) is 5.48 Å². The van der Waals surface area contributed by atoms with Gasteiger partial charge in [0, 0.05) is 18.0 Å². The molecule has 2 aromatic heterocycles. The lowest BCUT2D eigenvalue weighted by atomic mass is 10.2. The fourth-order valence-electron chi connectivity index (χ4n) is 3.01. The fraction of sp³-hybridized carbons (Fsp3) is 0.130. The minimum Gasteiger partial charge on any atom is -0.272 e. The molecule has 8 heteroatoms. The molecule has 0 atom stereocenters. The molecule has 0 aliphatic carbocycles. The molecule has 7 nitrogen and oxygen atoms in total. The molecule has 2 heterocycles. The summed E-state index contributed by atoms with van der Waals surface area (Å²) >= 11 is 1.30. The number of carbonyl (C=O) groups is 1. The van der Waals surface area contributed by atoms with E-state index >= 15 is 0 Å². The summed E-state index contributed by atoms with van der Waals surface area (Å²) in [5.74, 6) is 0.570. The summed E-state index contributed by atoms with van der Waals surface area (Å²) in [6.07, 6.45) is 3.46. The Hall–Kier alpha value is -3.49. The van der Waals surface area contributed by atoms with Crippen LogP contribution in [-0.4, -0.2) is 31.4 Å². The Labute approximate surface area is 184 Å². The van der Waals surface area contributed by atoms with Gasteiger partial charge in [0.05, 0.1) is 18.0 Å². The highest BCUT2D eigenvalue weighted by atomic mass is 32.2. The van der Waals surface area contributed by atoms with Gasteiger partial charge < -0.3 is 0 Å². The van der Waals surface area contributed by atoms with Gasteiger partial charge in [-0.3, -0.25) is 19.2 Å². The van der Waals surface area contributed by atoms with Crippen molar-refractivity contribution in [3.05, 3.63) is 90.3 Å². The molecule has 0 saturated heterocycles. The van der Waals surface area contributed by atoms with Crippen molar-refractivity contribution in [1.82, 2.24) is 25.2 Å². The number of pyridine rings is 1. The molecule has 0 aliphatic heterocycles. The fourth-order valence-corrected chi connectivity index (χ4v) is 3.74. The molecular weight excluding hydrogens is 410 g/mol. The number of aromatic nitrogens is 4. The zero-order valence-corrected chi connectivity index (χ0v) is 17.7. The second kappa shape index (κ2) is 10.0. The first-order valence-corrected chi connectivity index (χ1v) is 10.7. The van der Waals surface area contributed by atoms with Crippen molar-refractivity contribution >= 4 is 17.7 Å². The maximum absolute atomic E-state index is 12.3. The summed E-state index contributed by atoms with van der Waals surface area (Å²) in [5, 5.41) is 9.33. The van der Waals surface area contributed by atoms with E-state index in [4.69, 9.17) is 4.84 Å². The number of amides is 1. The summed E-state index contributed by atoms with van der Waals surface area (Å²) in [5.41, 5.74) is 6.34. The monoisotopic (exact) mass is 431 g/mol. The average Bonchev–Trinajstić information content (AvgIpc) is 3.23. The molecule has 0 radical (unpaired) electrons. The van der Waals surface area contributed by atoms with E-state index in [1.165, 1.54) is 11.8 Å². The van der Waals surface area contributed by atoms with Crippen LogP contribution in [0.15, 0.2) is 84.3 Å². The summed E-state index contributed by atoms with van der Waals surface area (Å²) in [6, 6.07) is 21.4. The SMILES string of the molecule is Cc1ccccc1-n1c(SCC(=O)NOCc2ccccc2)nnc1-c1cccnc1. The molecule has 31 heavy (non-hydrogen) atoms. The number of rotatable bonds is 8. The first kappa shape index (κ1) is 20.8. The van der Waals surface area contributed by atoms with E-state index in [0.717, 1.165) is 22.4 Å². The highest BCUT2D eigenvalue weighted by Crippen LogP contribution is 2.29. The second-order valence-corrected chi connectivity index (χ2v) is 7.70. The van der Waals surface area contributed by atoms with E-state index in [2.05, 4.69) is 20.7 Å². The van der Waals surface area contributed by atoms with Crippen LogP contribution in [-0.2, 0) is 16.2 Å². The zero-order valence-electron chi connectivity index (χ0n) is 16.9. The molecule has 0 spiro atoms. The number of nitrogens with zero attached hydrogens (tertiary/aromatic N) is 4. The van der Waals surface area contributed by atoms with Crippen LogP contribution in [0.25, 0.3) is 17.1 Å². The molecule has 0 saturated carbocycles. The third-order valence-electron chi connectivity index (χ3n) is 4.51. The van der Waals surface area contributed by atoms with Gasteiger partial charge in [0.15, 0.2) is 11.0 Å². The van der Waals surface area contributed by atoms with Gasteiger partial charge in [0.2, 0.25) is 0 Å². The van der Waals surface area contributed by atoms with Crippen molar-refractivity contribution in [1.29, 1.82) is 0 Å². The Bertz CT molecular complexity index is 1150. The highest BCUT2D eigenvalue weighted by Gasteiger charge is 2.18. The number of hydrogen-bond acceptors (Lipinski definition) is 6. The molecule has 0 fully saturated rings. The van der Waals surface area contributed by atoms with Crippen LogP contribution in [0.5, 0.6) is 0 Å². The van der Waals surface area contributed by atoms with Crippen LogP contribution >= 0.6 is 11.8 Å². The molecule has 156 valence electrons. The summed E-state index contributed by atoms with van der Waals surface area (Å²) in [7, 11) is 0.